The van der Waals surface area contributed by atoms with Crippen LogP contribution in [0.3, 0.4) is 0 Å². The normalized spacial score (nSPS) is 25.0. The molecule has 0 spiro atoms. The van der Waals surface area contributed by atoms with Gasteiger partial charge in [-0.05, 0) is 12.2 Å². The Morgan fingerprint density at radius 3 is 2.89 bits per heavy atom. The maximum atomic E-state index is 8.89. The predicted octanol–water partition coefficient (Wildman–Crippen LogP) is 0.333. The molecule has 1 aliphatic rings. The Kier molecular flexibility index (Phi) is 1.75. The van der Waals surface area contributed by atoms with E-state index in [0.29, 0.717) is 0 Å². The molecule has 1 heterocycles. The summed E-state index contributed by atoms with van der Waals surface area (Å²) < 4.78 is 4.79. The largest absolute Gasteiger partial charge is 0.508 e. The summed E-state index contributed by atoms with van der Waals surface area (Å²) in [6.07, 6.45) is 3.93. The van der Waals surface area contributed by atoms with Crippen LogP contribution in [0.1, 0.15) is 0 Å². The molecule has 3 heteroatoms. The lowest BCUT2D eigenvalue weighted by Gasteiger charge is -2.14. The first kappa shape index (κ1) is 6.16. The zero-order valence-corrected chi connectivity index (χ0v) is 4.82. The number of allylic oxidation sites excluding steroid dienone is 2. The zero-order valence-electron chi connectivity index (χ0n) is 4.82. The van der Waals surface area contributed by atoms with Gasteiger partial charge in [0, 0.05) is 0 Å². The van der Waals surface area contributed by atoms with E-state index in [4.69, 9.17) is 14.9 Å². The molecule has 1 aliphatic heterocycles. The maximum Gasteiger partial charge on any atom is 0.177 e. The molecule has 0 aromatic carbocycles. The van der Waals surface area contributed by atoms with Crippen LogP contribution in [0.4, 0.5) is 0 Å². The molecule has 0 saturated carbocycles. The summed E-state index contributed by atoms with van der Waals surface area (Å²) in [5.74, 6) is 0.0694. The van der Waals surface area contributed by atoms with Gasteiger partial charge in [-0.15, -0.1) is 0 Å². The molecule has 50 valence electrons. The van der Waals surface area contributed by atoms with E-state index in [1.807, 2.05) is 0 Å². The van der Waals surface area contributed by atoms with Gasteiger partial charge in [0.25, 0.3) is 0 Å². The van der Waals surface area contributed by atoms with Gasteiger partial charge >= 0.3 is 0 Å². The Bertz CT molecular complexity index is 148. The van der Waals surface area contributed by atoms with Crippen molar-refractivity contribution in [2.45, 2.75) is 6.10 Å². The molecule has 0 aliphatic carbocycles. The second kappa shape index (κ2) is 2.55. The van der Waals surface area contributed by atoms with Gasteiger partial charge in [-0.25, -0.2) is 0 Å². The molecule has 1 unspecified atom stereocenters. The second-order valence-electron chi connectivity index (χ2n) is 1.73. The van der Waals surface area contributed by atoms with Crippen LogP contribution in [0.2, 0.25) is 0 Å². The average Bonchev–Trinajstić information content (AvgIpc) is 1.89. The Morgan fingerprint density at radius 2 is 2.44 bits per heavy atom. The first-order chi connectivity index (χ1) is 4.34. The minimum absolute atomic E-state index is 0.0694. The fraction of sp³-hybridized carbons (Fsp3) is 0.333. The van der Waals surface area contributed by atoms with Crippen LogP contribution >= 0.6 is 0 Å². The average molecular weight is 128 g/mol. The lowest BCUT2D eigenvalue weighted by Crippen LogP contribution is -2.19. The highest BCUT2D eigenvalue weighted by atomic mass is 16.5. The Morgan fingerprint density at radius 1 is 1.67 bits per heavy atom. The molecule has 9 heavy (non-hydrogen) atoms. The summed E-state index contributed by atoms with van der Waals surface area (Å²) in [5.41, 5.74) is 0. The Balaban J connectivity index is 2.59. The highest BCUT2D eigenvalue weighted by Crippen LogP contribution is 2.07. The third kappa shape index (κ3) is 1.23. The van der Waals surface area contributed by atoms with Gasteiger partial charge in [-0.2, -0.15) is 0 Å². The summed E-state index contributed by atoms with van der Waals surface area (Å²) in [4.78, 5) is 0. The lowest BCUT2D eigenvalue weighted by molar-refractivity contribution is 0.0679. The van der Waals surface area contributed by atoms with Crippen LogP contribution in [0.5, 0.6) is 0 Å². The van der Waals surface area contributed by atoms with Crippen molar-refractivity contribution in [1.29, 1.82) is 0 Å². The first-order valence-corrected chi connectivity index (χ1v) is 2.66. The van der Waals surface area contributed by atoms with Gasteiger partial charge in [-0.1, -0.05) is 0 Å². The molecule has 0 bridgehead atoms. The van der Waals surface area contributed by atoms with Crippen LogP contribution in [0, 0.1) is 0 Å². The van der Waals surface area contributed by atoms with Crippen LogP contribution in [-0.4, -0.2) is 22.9 Å². The predicted molar refractivity (Wildman–Crippen MR) is 31.8 cm³/mol. The topological polar surface area (TPSA) is 49.7 Å². The van der Waals surface area contributed by atoms with Gasteiger partial charge < -0.3 is 14.9 Å². The van der Waals surface area contributed by atoms with Crippen molar-refractivity contribution >= 4 is 0 Å². The Labute approximate surface area is 52.9 Å². The highest BCUT2D eigenvalue weighted by molar-refractivity contribution is 5.12. The van der Waals surface area contributed by atoms with Gasteiger partial charge in [0.1, 0.15) is 5.76 Å². The number of hydrogen-bond acceptors (Lipinski definition) is 3. The number of rotatable bonds is 1. The van der Waals surface area contributed by atoms with E-state index in [2.05, 4.69) is 0 Å². The van der Waals surface area contributed by atoms with Crippen molar-refractivity contribution < 1.29 is 14.9 Å². The fourth-order valence-electron chi connectivity index (χ4n) is 0.592. The number of aliphatic hydroxyl groups excluding tert-OH is 2. The molecule has 2 N–H and O–H groups in total. The summed E-state index contributed by atoms with van der Waals surface area (Å²) in [7, 11) is 0. The number of ether oxygens (including phenoxy) is 1. The minimum Gasteiger partial charge on any atom is -0.508 e. The molecule has 0 aromatic rings. The molecule has 1 rings (SSSR count). The number of aliphatic hydroxyl groups is 2. The molecular formula is C6H8O3. The lowest BCUT2D eigenvalue weighted by atomic mass is 10.2. The molecular weight excluding hydrogens is 120 g/mol. The van der Waals surface area contributed by atoms with Crippen molar-refractivity contribution in [3.05, 3.63) is 24.2 Å². The van der Waals surface area contributed by atoms with Gasteiger partial charge in [0.05, 0.1) is 12.9 Å². The molecule has 0 fully saturated rings. The quantitative estimate of drug-likeness (QED) is 0.535. The van der Waals surface area contributed by atoms with E-state index in [-0.39, 0.29) is 12.4 Å². The van der Waals surface area contributed by atoms with Crippen molar-refractivity contribution in [2.75, 3.05) is 6.61 Å². The van der Waals surface area contributed by atoms with E-state index in [1.165, 1.54) is 12.3 Å². The molecule has 1 atom stereocenters. The van der Waals surface area contributed by atoms with Gasteiger partial charge in [0.2, 0.25) is 0 Å². The zero-order chi connectivity index (χ0) is 6.69. The summed E-state index contributed by atoms with van der Waals surface area (Å²) in [6.45, 7) is -0.188. The third-order valence-corrected chi connectivity index (χ3v) is 1.08. The van der Waals surface area contributed by atoms with E-state index in [9.17, 15) is 0 Å². The third-order valence-electron chi connectivity index (χ3n) is 1.08. The monoisotopic (exact) mass is 128 g/mol. The smallest absolute Gasteiger partial charge is 0.177 e. The van der Waals surface area contributed by atoms with Crippen molar-refractivity contribution in [3.8, 4) is 0 Å². The van der Waals surface area contributed by atoms with Gasteiger partial charge in [-0.3, -0.25) is 0 Å². The molecule has 0 amide bonds. The van der Waals surface area contributed by atoms with Crippen molar-refractivity contribution in [2.24, 2.45) is 0 Å². The molecule has 3 nitrogen and oxygen atoms in total. The van der Waals surface area contributed by atoms with Crippen LogP contribution in [0.25, 0.3) is 0 Å². The van der Waals surface area contributed by atoms with Gasteiger partial charge in [0.15, 0.2) is 6.10 Å². The van der Waals surface area contributed by atoms with Crippen LogP contribution in [-0.2, 0) is 4.74 Å². The molecule has 0 aromatic heterocycles. The van der Waals surface area contributed by atoms with Crippen molar-refractivity contribution in [3.63, 3.8) is 0 Å². The summed E-state index contributed by atoms with van der Waals surface area (Å²) >= 11 is 0. The standard InChI is InChI=1S/C6H8O3/c7-4-6-5(8)2-1-3-9-6/h1-3,6-8H,4H2. The van der Waals surface area contributed by atoms with Crippen LogP contribution in [0.15, 0.2) is 24.2 Å². The second-order valence-corrected chi connectivity index (χ2v) is 1.73. The van der Waals surface area contributed by atoms with E-state index < -0.39 is 6.10 Å². The Hall–Kier alpha value is -0.960. The minimum atomic E-state index is -0.560. The van der Waals surface area contributed by atoms with Crippen LogP contribution < -0.4 is 0 Å². The maximum absolute atomic E-state index is 8.89. The van der Waals surface area contributed by atoms with E-state index in [0.717, 1.165) is 0 Å². The number of hydrogen-bond donors (Lipinski definition) is 2. The summed E-state index contributed by atoms with van der Waals surface area (Å²) in [5, 5.41) is 17.4. The highest BCUT2D eigenvalue weighted by Gasteiger charge is 2.12. The van der Waals surface area contributed by atoms with Crippen molar-refractivity contribution in [1.82, 2.24) is 0 Å². The summed E-state index contributed by atoms with van der Waals surface area (Å²) in [6, 6.07) is 0. The molecule has 0 saturated heterocycles. The fourth-order valence-corrected chi connectivity index (χ4v) is 0.592. The van der Waals surface area contributed by atoms with E-state index in [1.54, 1.807) is 6.08 Å². The molecule has 0 radical (unpaired) electrons. The van der Waals surface area contributed by atoms with E-state index >= 15 is 0 Å². The SMILES string of the molecule is OCC1OC=CC=C1O. The first-order valence-electron chi connectivity index (χ1n) is 2.66.